The standard InChI is InChI=1S/C13H14N2O2/c1-13(2,12(16)17)15-11-7-8-14-10-6-4-3-5-9(10)11/h3-8H,1-2H3,(H,14,15)(H,16,17). The van der Waals surface area contributed by atoms with Gasteiger partial charge < -0.3 is 10.4 Å². The molecule has 0 fully saturated rings. The Morgan fingerprint density at radius 1 is 1.29 bits per heavy atom. The van der Waals surface area contributed by atoms with E-state index in [4.69, 9.17) is 5.11 Å². The van der Waals surface area contributed by atoms with Gasteiger partial charge in [0.2, 0.25) is 0 Å². The largest absolute Gasteiger partial charge is 0.480 e. The van der Waals surface area contributed by atoms with Crippen LogP contribution < -0.4 is 5.32 Å². The first-order chi connectivity index (χ1) is 8.00. The van der Waals surface area contributed by atoms with Crippen LogP contribution in [0.4, 0.5) is 5.69 Å². The van der Waals surface area contributed by atoms with Crippen LogP contribution in [0.25, 0.3) is 10.9 Å². The number of rotatable bonds is 3. The first-order valence-electron chi connectivity index (χ1n) is 5.36. The van der Waals surface area contributed by atoms with Gasteiger partial charge in [-0.2, -0.15) is 0 Å². The second kappa shape index (κ2) is 4.05. The number of carbonyl (C=O) groups is 1. The summed E-state index contributed by atoms with van der Waals surface area (Å²) in [5.41, 5.74) is 0.617. The highest BCUT2D eigenvalue weighted by Gasteiger charge is 2.27. The van der Waals surface area contributed by atoms with E-state index in [2.05, 4.69) is 10.3 Å². The highest BCUT2D eigenvalue weighted by atomic mass is 16.4. The highest BCUT2D eigenvalue weighted by molar-refractivity contribution is 5.93. The Bertz CT molecular complexity index is 559. The molecule has 1 heterocycles. The maximum Gasteiger partial charge on any atom is 0.328 e. The minimum Gasteiger partial charge on any atom is -0.480 e. The number of hydrogen-bond donors (Lipinski definition) is 2. The molecule has 1 aromatic heterocycles. The van der Waals surface area contributed by atoms with Crippen LogP contribution in [0.3, 0.4) is 0 Å². The van der Waals surface area contributed by atoms with Crippen molar-refractivity contribution in [1.82, 2.24) is 4.98 Å². The van der Waals surface area contributed by atoms with E-state index in [1.807, 2.05) is 24.3 Å². The molecular formula is C13H14N2O2. The molecule has 0 amide bonds. The number of carboxylic acids is 1. The van der Waals surface area contributed by atoms with Crippen molar-refractivity contribution in [3.63, 3.8) is 0 Å². The number of pyridine rings is 1. The molecule has 88 valence electrons. The van der Waals surface area contributed by atoms with Gasteiger partial charge in [-0.05, 0) is 26.0 Å². The molecule has 0 radical (unpaired) electrons. The van der Waals surface area contributed by atoms with Crippen molar-refractivity contribution in [3.05, 3.63) is 36.5 Å². The molecule has 2 N–H and O–H groups in total. The van der Waals surface area contributed by atoms with Gasteiger partial charge in [0.15, 0.2) is 0 Å². The third kappa shape index (κ3) is 2.20. The Kier molecular flexibility index (Phi) is 2.71. The van der Waals surface area contributed by atoms with E-state index >= 15 is 0 Å². The quantitative estimate of drug-likeness (QED) is 0.850. The summed E-state index contributed by atoms with van der Waals surface area (Å²) in [5.74, 6) is -0.890. The number of nitrogens with one attached hydrogen (secondary N) is 1. The monoisotopic (exact) mass is 230 g/mol. The molecule has 0 saturated heterocycles. The Labute approximate surface area is 99.3 Å². The van der Waals surface area contributed by atoms with Crippen molar-refractivity contribution in [3.8, 4) is 0 Å². The molecule has 2 aromatic rings. The van der Waals surface area contributed by atoms with Crippen LogP contribution in [0.2, 0.25) is 0 Å². The first-order valence-corrected chi connectivity index (χ1v) is 5.36. The highest BCUT2D eigenvalue weighted by Crippen LogP contribution is 2.24. The van der Waals surface area contributed by atoms with Gasteiger partial charge in [-0.15, -0.1) is 0 Å². The Balaban J connectivity index is 2.46. The van der Waals surface area contributed by atoms with Gasteiger partial charge in [0.25, 0.3) is 0 Å². The lowest BCUT2D eigenvalue weighted by atomic mass is 10.0. The molecule has 0 aliphatic carbocycles. The molecular weight excluding hydrogens is 216 g/mol. The van der Waals surface area contributed by atoms with Crippen LogP contribution in [-0.4, -0.2) is 21.6 Å². The molecule has 0 unspecified atom stereocenters. The van der Waals surface area contributed by atoms with Crippen LogP contribution >= 0.6 is 0 Å². The average Bonchev–Trinajstić information content (AvgIpc) is 2.29. The molecule has 1 aromatic carbocycles. The van der Waals surface area contributed by atoms with Gasteiger partial charge >= 0.3 is 5.97 Å². The molecule has 17 heavy (non-hydrogen) atoms. The maximum absolute atomic E-state index is 11.1. The number of carboxylic acid groups (broad SMARTS) is 1. The fourth-order valence-corrected chi connectivity index (χ4v) is 1.59. The number of aromatic nitrogens is 1. The fourth-order valence-electron chi connectivity index (χ4n) is 1.59. The summed E-state index contributed by atoms with van der Waals surface area (Å²) in [6.07, 6.45) is 1.67. The zero-order valence-corrected chi connectivity index (χ0v) is 9.77. The van der Waals surface area contributed by atoms with Crippen LogP contribution in [0.5, 0.6) is 0 Å². The summed E-state index contributed by atoms with van der Waals surface area (Å²) in [7, 11) is 0. The third-order valence-corrected chi connectivity index (χ3v) is 2.63. The Morgan fingerprint density at radius 3 is 2.71 bits per heavy atom. The van der Waals surface area contributed by atoms with Crippen LogP contribution in [0.1, 0.15) is 13.8 Å². The van der Waals surface area contributed by atoms with Crippen molar-refractivity contribution in [2.45, 2.75) is 19.4 Å². The lowest BCUT2D eigenvalue weighted by Gasteiger charge is -2.23. The molecule has 0 aliphatic heterocycles. The molecule has 2 rings (SSSR count). The number of fused-ring (bicyclic) bond motifs is 1. The van der Waals surface area contributed by atoms with Crippen molar-refractivity contribution in [2.24, 2.45) is 0 Å². The van der Waals surface area contributed by atoms with Crippen LogP contribution in [0, 0.1) is 0 Å². The number of nitrogens with zero attached hydrogens (tertiary/aromatic N) is 1. The maximum atomic E-state index is 11.1. The van der Waals surface area contributed by atoms with Crippen molar-refractivity contribution in [2.75, 3.05) is 5.32 Å². The molecule has 0 aliphatic rings. The lowest BCUT2D eigenvalue weighted by molar-refractivity contribution is -0.141. The zero-order chi connectivity index (χ0) is 12.5. The van der Waals surface area contributed by atoms with E-state index < -0.39 is 11.5 Å². The fraction of sp³-hybridized carbons (Fsp3) is 0.231. The number of benzene rings is 1. The Morgan fingerprint density at radius 2 is 2.00 bits per heavy atom. The number of aliphatic carboxylic acids is 1. The minimum absolute atomic E-state index is 0.781. The lowest BCUT2D eigenvalue weighted by Crippen LogP contribution is -2.40. The minimum atomic E-state index is -1.01. The molecule has 0 spiro atoms. The van der Waals surface area contributed by atoms with Crippen molar-refractivity contribution >= 4 is 22.6 Å². The summed E-state index contributed by atoms with van der Waals surface area (Å²) in [5, 5.41) is 13.0. The van der Waals surface area contributed by atoms with E-state index in [-0.39, 0.29) is 0 Å². The second-order valence-corrected chi connectivity index (χ2v) is 4.43. The van der Waals surface area contributed by atoms with Gasteiger partial charge in [0.1, 0.15) is 5.54 Å². The third-order valence-electron chi connectivity index (χ3n) is 2.63. The van der Waals surface area contributed by atoms with Gasteiger partial charge in [0, 0.05) is 17.3 Å². The zero-order valence-electron chi connectivity index (χ0n) is 9.77. The normalized spacial score (nSPS) is 11.4. The first kappa shape index (κ1) is 11.4. The van der Waals surface area contributed by atoms with Gasteiger partial charge in [-0.3, -0.25) is 4.98 Å². The number of para-hydroxylation sites is 1. The smallest absolute Gasteiger partial charge is 0.328 e. The number of anilines is 1. The number of hydrogen-bond acceptors (Lipinski definition) is 3. The van der Waals surface area contributed by atoms with Crippen LogP contribution in [-0.2, 0) is 4.79 Å². The molecule has 0 atom stereocenters. The van der Waals surface area contributed by atoms with E-state index in [9.17, 15) is 4.79 Å². The van der Waals surface area contributed by atoms with Crippen molar-refractivity contribution in [1.29, 1.82) is 0 Å². The van der Waals surface area contributed by atoms with Gasteiger partial charge in [-0.1, -0.05) is 18.2 Å². The van der Waals surface area contributed by atoms with Crippen LogP contribution in [0.15, 0.2) is 36.5 Å². The van der Waals surface area contributed by atoms with E-state index in [1.54, 1.807) is 26.1 Å². The SMILES string of the molecule is CC(C)(Nc1ccnc2ccccc12)C(=O)O. The molecule has 4 nitrogen and oxygen atoms in total. The van der Waals surface area contributed by atoms with Crippen molar-refractivity contribution < 1.29 is 9.90 Å². The summed E-state index contributed by atoms with van der Waals surface area (Å²) in [6.45, 7) is 3.26. The average molecular weight is 230 g/mol. The predicted octanol–water partition coefficient (Wildman–Crippen LogP) is 2.51. The molecule has 0 saturated carbocycles. The molecule has 4 heteroatoms. The van der Waals surface area contributed by atoms with Gasteiger partial charge in [0.05, 0.1) is 5.52 Å². The predicted molar refractivity (Wildman–Crippen MR) is 67.1 cm³/mol. The Hall–Kier alpha value is -2.10. The second-order valence-electron chi connectivity index (χ2n) is 4.43. The summed E-state index contributed by atoms with van der Waals surface area (Å²) < 4.78 is 0. The summed E-state index contributed by atoms with van der Waals surface area (Å²) in [6, 6.07) is 9.41. The topological polar surface area (TPSA) is 62.2 Å². The van der Waals surface area contributed by atoms with E-state index in [0.717, 1.165) is 16.6 Å². The summed E-state index contributed by atoms with van der Waals surface area (Å²) in [4.78, 5) is 15.3. The summed E-state index contributed by atoms with van der Waals surface area (Å²) >= 11 is 0. The van der Waals surface area contributed by atoms with E-state index in [0.29, 0.717) is 0 Å². The molecule has 0 bridgehead atoms. The van der Waals surface area contributed by atoms with Gasteiger partial charge in [-0.25, -0.2) is 4.79 Å². The van der Waals surface area contributed by atoms with E-state index in [1.165, 1.54) is 0 Å².